The fourth-order valence-corrected chi connectivity index (χ4v) is 3.39. The van der Waals surface area contributed by atoms with Crippen LogP contribution < -0.4 is 5.32 Å². The predicted octanol–water partition coefficient (Wildman–Crippen LogP) is 3.15. The Hall–Kier alpha value is -1.03. The molecule has 0 unspecified atom stereocenters. The van der Waals surface area contributed by atoms with Crippen LogP contribution in [-0.2, 0) is 11.2 Å². The number of nitrogens with one attached hydrogen (secondary N) is 1. The maximum Gasteiger partial charge on any atom is 0.225 e. The van der Waals surface area contributed by atoms with Gasteiger partial charge < -0.3 is 10.4 Å². The number of para-hydroxylation sites is 1. The van der Waals surface area contributed by atoms with Crippen molar-refractivity contribution < 1.29 is 9.90 Å². The van der Waals surface area contributed by atoms with Gasteiger partial charge in [-0.05, 0) is 18.9 Å². The highest BCUT2D eigenvalue weighted by Crippen LogP contribution is 2.30. The molecule has 1 fully saturated rings. The van der Waals surface area contributed by atoms with E-state index in [4.69, 9.17) is 0 Å². The summed E-state index contributed by atoms with van der Waals surface area (Å²) in [4.78, 5) is 12.2. The van der Waals surface area contributed by atoms with Gasteiger partial charge in [-0.15, -0.1) is 0 Å². The first-order valence-corrected chi connectivity index (χ1v) is 7.91. The van der Waals surface area contributed by atoms with E-state index in [1.165, 1.54) is 19.3 Å². The van der Waals surface area contributed by atoms with Crippen LogP contribution in [0.5, 0.6) is 5.75 Å². The van der Waals surface area contributed by atoms with Crippen LogP contribution in [0.25, 0.3) is 0 Å². The average Bonchev–Trinajstić information content (AvgIpc) is 2.42. The quantitative estimate of drug-likeness (QED) is 0.835. The summed E-state index contributed by atoms with van der Waals surface area (Å²) in [5, 5.41) is 13.7. The van der Waals surface area contributed by atoms with Crippen LogP contribution in [0.2, 0.25) is 0 Å². The van der Waals surface area contributed by atoms with Crippen molar-refractivity contribution in [3.05, 3.63) is 29.8 Å². The van der Waals surface area contributed by atoms with Crippen molar-refractivity contribution >= 4 is 21.8 Å². The summed E-state index contributed by atoms with van der Waals surface area (Å²) in [7, 11) is 0. The summed E-state index contributed by atoms with van der Waals surface area (Å²) in [5.74, 6) is 0.178. The molecular weight excluding hydrogens is 306 g/mol. The Bertz CT molecular complexity index is 442. The molecule has 1 aromatic carbocycles. The van der Waals surface area contributed by atoms with Crippen LogP contribution in [0.3, 0.4) is 0 Å². The van der Waals surface area contributed by atoms with Crippen LogP contribution in [0.4, 0.5) is 0 Å². The number of halogens is 1. The van der Waals surface area contributed by atoms with E-state index in [2.05, 4.69) is 21.2 Å². The SMILES string of the molecule is O=C(Cc1ccccc1O)NC1(CBr)CCCCC1. The van der Waals surface area contributed by atoms with Crippen molar-refractivity contribution in [1.29, 1.82) is 0 Å². The van der Waals surface area contributed by atoms with E-state index in [9.17, 15) is 9.90 Å². The minimum Gasteiger partial charge on any atom is -0.508 e. The van der Waals surface area contributed by atoms with Gasteiger partial charge in [-0.3, -0.25) is 4.79 Å². The van der Waals surface area contributed by atoms with Gasteiger partial charge >= 0.3 is 0 Å². The van der Waals surface area contributed by atoms with Gasteiger partial charge in [0.2, 0.25) is 5.91 Å². The summed E-state index contributed by atoms with van der Waals surface area (Å²) >= 11 is 3.53. The van der Waals surface area contributed by atoms with Crippen molar-refractivity contribution in [3.8, 4) is 5.75 Å². The molecule has 1 amide bonds. The zero-order chi connectivity index (χ0) is 13.7. The molecule has 0 aliphatic heterocycles. The summed E-state index contributed by atoms with van der Waals surface area (Å²) in [6.07, 6.45) is 5.89. The number of amides is 1. The Morgan fingerprint density at radius 2 is 1.95 bits per heavy atom. The van der Waals surface area contributed by atoms with Crippen LogP contribution in [0.1, 0.15) is 37.7 Å². The zero-order valence-electron chi connectivity index (χ0n) is 11.0. The minimum atomic E-state index is -0.0975. The van der Waals surface area contributed by atoms with Crippen LogP contribution in [-0.4, -0.2) is 21.9 Å². The van der Waals surface area contributed by atoms with Gasteiger partial charge in [0.15, 0.2) is 0 Å². The minimum absolute atomic E-state index is 0.0112. The summed E-state index contributed by atoms with van der Waals surface area (Å²) in [5.41, 5.74) is 0.584. The van der Waals surface area contributed by atoms with Crippen molar-refractivity contribution in [2.45, 2.75) is 44.1 Å². The molecule has 0 spiro atoms. The molecule has 0 aromatic heterocycles. The molecule has 2 N–H and O–H groups in total. The molecular formula is C15H20BrNO2. The van der Waals surface area contributed by atoms with Crippen molar-refractivity contribution in [2.75, 3.05) is 5.33 Å². The highest BCUT2D eigenvalue weighted by atomic mass is 79.9. The van der Waals surface area contributed by atoms with E-state index in [-0.39, 0.29) is 23.6 Å². The lowest BCUT2D eigenvalue weighted by atomic mass is 9.83. The van der Waals surface area contributed by atoms with Crippen molar-refractivity contribution in [3.63, 3.8) is 0 Å². The van der Waals surface area contributed by atoms with Crippen molar-refractivity contribution in [1.82, 2.24) is 5.32 Å². The molecule has 0 radical (unpaired) electrons. The standard InChI is InChI=1S/C15H20BrNO2/c16-11-15(8-4-1-5-9-15)17-14(19)10-12-6-2-3-7-13(12)18/h2-3,6-7,18H,1,4-5,8-11H2,(H,17,19). The molecule has 0 bridgehead atoms. The van der Waals surface area contributed by atoms with Gasteiger partial charge in [0.05, 0.1) is 6.42 Å². The number of aromatic hydroxyl groups is 1. The molecule has 1 saturated carbocycles. The summed E-state index contributed by atoms with van der Waals surface area (Å²) in [6.45, 7) is 0. The second kappa shape index (κ2) is 6.42. The first kappa shape index (κ1) is 14.4. The highest BCUT2D eigenvalue weighted by molar-refractivity contribution is 9.09. The molecule has 104 valence electrons. The molecule has 1 aliphatic rings. The number of carbonyl (C=O) groups excluding carboxylic acids is 1. The number of hydrogen-bond donors (Lipinski definition) is 2. The molecule has 0 atom stereocenters. The van der Waals surface area contributed by atoms with Gasteiger partial charge in [-0.25, -0.2) is 0 Å². The Kier molecular flexibility index (Phi) is 4.86. The van der Waals surface area contributed by atoms with E-state index in [1.807, 2.05) is 6.07 Å². The van der Waals surface area contributed by atoms with Crippen LogP contribution >= 0.6 is 15.9 Å². The molecule has 2 rings (SSSR count). The lowest BCUT2D eigenvalue weighted by molar-refractivity contribution is -0.122. The lowest BCUT2D eigenvalue weighted by Crippen LogP contribution is -2.51. The second-order valence-electron chi connectivity index (χ2n) is 5.33. The largest absolute Gasteiger partial charge is 0.508 e. The monoisotopic (exact) mass is 325 g/mol. The molecule has 19 heavy (non-hydrogen) atoms. The Balaban J connectivity index is 1.98. The number of carbonyl (C=O) groups is 1. The number of phenolic OH excluding ortho intramolecular Hbond substituents is 1. The Labute approximate surface area is 122 Å². The fourth-order valence-electron chi connectivity index (χ4n) is 2.69. The molecule has 0 heterocycles. The normalized spacial score (nSPS) is 17.9. The maximum atomic E-state index is 12.2. The summed E-state index contributed by atoms with van der Waals surface area (Å²) in [6, 6.07) is 7.00. The molecule has 1 aromatic rings. The third-order valence-electron chi connectivity index (χ3n) is 3.81. The smallest absolute Gasteiger partial charge is 0.225 e. The van der Waals surface area contributed by atoms with Gasteiger partial charge in [-0.2, -0.15) is 0 Å². The highest BCUT2D eigenvalue weighted by Gasteiger charge is 2.32. The third kappa shape index (κ3) is 3.72. The van der Waals surface area contributed by atoms with E-state index < -0.39 is 0 Å². The van der Waals surface area contributed by atoms with E-state index in [0.29, 0.717) is 5.56 Å². The first-order chi connectivity index (χ1) is 9.15. The van der Waals surface area contributed by atoms with Gasteiger partial charge in [0, 0.05) is 16.4 Å². The van der Waals surface area contributed by atoms with Crippen LogP contribution in [0, 0.1) is 0 Å². The van der Waals surface area contributed by atoms with E-state index in [0.717, 1.165) is 18.2 Å². The Morgan fingerprint density at radius 1 is 1.26 bits per heavy atom. The number of hydrogen-bond acceptors (Lipinski definition) is 2. The molecule has 4 heteroatoms. The topological polar surface area (TPSA) is 49.3 Å². The molecule has 0 saturated heterocycles. The number of rotatable bonds is 4. The van der Waals surface area contributed by atoms with E-state index >= 15 is 0 Å². The Morgan fingerprint density at radius 3 is 2.58 bits per heavy atom. The maximum absolute atomic E-state index is 12.2. The molecule has 3 nitrogen and oxygen atoms in total. The number of alkyl halides is 1. The van der Waals surface area contributed by atoms with Gasteiger partial charge in [0.25, 0.3) is 0 Å². The van der Waals surface area contributed by atoms with Crippen molar-refractivity contribution in [2.24, 2.45) is 0 Å². The number of benzene rings is 1. The van der Waals surface area contributed by atoms with E-state index in [1.54, 1.807) is 18.2 Å². The molecule has 1 aliphatic carbocycles. The lowest BCUT2D eigenvalue weighted by Gasteiger charge is -2.36. The summed E-state index contributed by atoms with van der Waals surface area (Å²) < 4.78 is 0. The number of phenols is 1. The van der Waals surface area contributed by atoms with Crippen LogP contribution in [0.15, 0.2) is 24.3 Å². The third-order valence-corrected chi connectivity index (χ3v) is 4.89. The fraction of sp³-hybridized carbons (Fsp3) is 0.533. The zero-order valence-corrected chi connectivity index (χ0v) is 12.6. The second-order valence-corrected chi connectivity index (χ2v) is 5.89. The van der Waals surface area contributed by atoms with Gasteiger partial charge in [-0.1, -0.05) is 53.4 Å². The average molecular weight is 326 g/mol. The predicted molar refractivity (Wildman–Crippen MR) is 79.6 cm³/mol. The van der Waals surface area contributed by atoms with Gasteiger partial charge in [0.1, 0.15) is 5.75 Å². The first-order valence-electron chi connectivity index (χ1n) is 6.79.